The topological polar surface area (TPSA) is 4.93 Å². The molecule has 1 nitrogen and oxygen atoms in total. The van der Waals surface area contributed by atoms with E-state index in [1.807, 2.05) is 6.20 Å². The summed E-state index contributed by atoms with van der Waals surface area (Å²) in [4.78, 5) is 0. The summed E-state index contributed by atoms with van der Waals surface area (Å²) < 4.78 is 2.05. The van der Waals surface area contributed by atoms with Crippen LogP contribution in [0, 0.1) is 13.8 Å². The van der Waals surface area contributed by atoms with E-state index < -0.39 is 0 Å². The summed E-state index contributed by atoms with van der Waals surface area (Å²) >= 11 is 0. The molecule has 1 heterocycles. The molecule has 0 bridgehead atoms. The van der Waals surface area contributed by atoms with Gasteiger partial charge in [0.2, 0.25) is 0 Å². The maximum atomic E-state index is 3.73. The van der Waals surface area contributed by atoms with E-state index in [2.05, 4.69) is 30.7 Å². The highest BCUT2D eigenvalue weighted by Crippen LogP contribution is 1.96. The van der Waals surface area contributed by atoms with Gasteiger partial charge in [-0.25, -0.2) is 0 Å². The molecule has 1 aromatic rings. The summed E-state index contributed by atoms with van der Waals surface area (Å²) in [6.07, 6.45) is 4.11. The fraction of sp³-hybridized carbons (Fsp3) is 0.286. The maximum Gasteiger partial charge on any atom is 0.0220 e. The van der Waals surface area contributed by atoms with Gasteiger partial charge in [-0.2, -0.15) is 0 Å². The third-order valence-electron chi connectivity index (χ3n) is 1.16. The van der Waals surface area contributed by atoms with Crippen molar-refractivity contribution < 1.29 is 0 Å². The molecule has 0 N–H and O–H groups in total. The summed E-state index contributed by atoms with van der Waals surface area (Å²) in [5.74, 6) is 0. The van der Waals surface area contributed by atoms with Crippen LogP contribution in [0.3, 0.4) is 0 Å². The number of hydrogen-bond donors (Lipinski definition) is 0. The van der Waals surface area contributed by atoms with E-state index in [-0.39, 0.29) is 0 Å². The van der Waals surface area contributed by atoms with E-state index in [4.69, 9.17) is 0 Å². The van der Waals surface area contributed by atoms with Crippen molar-refractivity contribution >= 4 is 0 Å². The number of hydrogen-bond acceptors (Lipinski definition) is 0. The Morgan fingerprint density at radius 3 is 2.75 bits per heavy atom. The molecule has 0 saturated heterocycles. The van der Waals surface area contributed by atoms with Gasteiger partial charge in [0.15, 0.2) is 0 Å². The molecule has 0 unspecified atom stereocenters. The number of nitrogens with zero attached hydrogens (tertiary/aromatic N) is 1. The van der Waals surface area contributed by atoms with Gasteiger partial charge in [0.1, 0.15) is 0 Å². The average molecular weight is 108 g/mol. The van der Waals surface area contributed by atoms with Crippen molar-refractivity contribution in [2.75, 3.05) is 0 Å². The van der Waals surface area contributed by atoms with Gasteiger partial charge in [-0.1, -0.05) is 0 Å². The van der Waals surface area contributed by atoms with E-state index in [1.165, 1.54) is 5.56 Å². The predicted octanol–water partition coefficient (Wildman–Crippen LogP) is 1.63. The van der Waals surface area contributed by atoms with Gasteiger partial charge < -0.3 is 4.57 Å². The molecule has 0 saturated carbocycles. The van der Waals surface area contributed by atoms with Crippen LogP contribution < -0.4 is 0 Å². The molecule has 43 valence electrons. The largest absolute Gasteiger partial charge is 0.354 e. The van der Waals surface area contributed by atoms with Crippen molar-refractivity contribution in [1.29, 1.82) is 0 Å². The van der Waals surface area contributed by atoms with Crippen LogP contribution in [0.2, 0.25) is 0 Å². The van der Waals surface area contributed by atoms with Crippen molar-refractivity contribution in [3.8, 4) is 0 Å². The van der Waals surface area contributed by atoms with Crippen LogP contribution in [0.5, 0.6) is 0 Å². The summed E-state index contributed by atoms with van der Waals surface area (Å²) in [5.41, 5.74) is 1.30. The fourth-order valence-electron chi connectivity index (χ4n) is 0.700. The van der Waals surface area contributed by atoms with E-state index in [1.54, 1.807) is 0 Å². The summed E-state index contributed by atoms with van der Waals surface area (Å²) in [7, 11) is 0. The zero-order chi connectivity index (χ0) is 5.98. The van der Waals surface area contributed by atoms with Crippen LogP contribution >= 0.6 is 0 Å². The molecule has 0 atom stereocenters. The van der Waals surface area contributed by atoms with Gasteiger partial charge in [-0.3, -0.25) is 0 Å². The number of aromatic nitrogens is 1. The van der Waals surface area contributed by atoms with Crippen LogP contribution in [0.4, 0.5) is 0 Å². The predicted molar refractivity (Wildman–Crippen MR) is 34.5 cm³/mol. The van der Waals surface area contributed by atoms with Crippen molar-refractivity contribution in [3.05, 3.63) is 30.9 Å². The van der Waals surface area contributed by atoms with Crippen LogP contribution in [-0.4, -0.2) is 4.57 Å². The average Bonchev–Trinajstić information content (AvgIpc) is 2.14. The Labute approximate surface area is 49.9 Å². The highest BCUT2D eigenvalue weighted by molar-refractivity contribution is 5.06. The first kappa shape index (κ1) is 5.42. The first-order valence-electron chi connectivity index (χ1n) is 2.74. The number of rotatable bonds is 1. The lowest BCUT2D eigenvalue weighted by Crippen LogP contribution is -1.86. The van der Waals surface area contributed by atoms with E-state index in [9.17, 15) is 0 Å². The normalized spacial score (nSPS) is 9.75. The molecule has 0 aliphatic rings. The second kappa shape index (κ2) is 2.03. The molecule has 8 heavy (non-hydrogen) atoms. The standard InChI is InChI=1S/C7H10N/c1-3-8-5-4-7(2)6-8/h4-6H,1,3H2,2H3. The van der Waals surface area contributed by atoms with Gasteiger partial charge in [0, 0.05) is 18.9 Å². The molecule has 0 spiro atoms. The quantitative estimate of drug-likeness (QED) is 0.515. The van der Waals surface area contributed by atoms with Crippen molar-refractivity contribution in [1.82, 2.24) is 4.57 Å². The van der Waals surface area contributed by atoms with Crippen molar-refractivity contribution in [2.24, 2.45) is 0 Å². The van der Waals surface area contributed by atoms with Gasteiger partial charge in [0.25, 0.3) is 0 Å². The zero-order valence-electron chi connectivity index (χ0n) is 5.09. The van der Waals surface area contributed by atoms with Crippen molar-refractivity contribution in [3.63, 3.8) is 0 Å². The van der Waals surface area contributed by atoms with Gasteiger partial charge in [-0.05, 0) is 25.5 Å². The van der Waals surface area contributed by atoms with E-state index in [0.717, 1.165) is 6.54 Å². The smallest absolute Gasteiger partial charge is 0.0220 e. The van der Waals surface area contributed by atoms with Gasteiger partial charge in [0.05, 0.1) is 0 Å². The molecule has 0 aliphatic carbocycles. The molecule has 1 rings (SSSR count). The molecule has 0 amide bonds. The second-order valence-electron chi connectivity index (χ2n) is 1.93. The Bertz CT molecular complexity index is 165. The first-order valence-corrected chi connectivity index (χ1v) is 2.74. The Morgan fingerprint density at radius 2 is 2.50 bits per heavy atom. The summed E-state index contributed by atoms with van der Waals surface area (Å²) in [5, 5.41) is 0. The monoisotopic (exact) mass is 108 g/mol. The Kier molecular flexibility index (Phi) is 1.38. The third kappa shape index (κ3) is 0.915. The molecular weight excluding hydrogens is 98.1 g/mol. The molecule has 0 aromatic carbocycles. The highest BCUT2D eigenvalue weighted by atomic mass is 14.9. The van der Waals surface area contributed by atoms with E-state index in [0.29, 0.717) is 0 Å². The Morgan fingerprint density at radius 1 is 1.75 bits per heavy atom. The number of aryl methyl sites for hydroxylation is 1. The highest BCUT2D eigenvalue weighted by Gasteiger charge is 1.84. The van der Waals surface area contributed by atoms with Crippen molar-refractivity contribution in [2.45, 2.75) is 13.5 Å². The second-order valence-corrected chi connectivity index (χ2v) is 1.93. The van der Waals surface area contributed by atoms with Crippen LogP contribution in [-0.2, 0) is 6.54 Å². The Balaban J connectivity index is 2.84. The van der Waals surface area contributed by atoms with Crippen LogP contribution in [0.1, 0.15) is 5.56 Å². The minimum Gasteiger partial charge on any atom is -0.354 e. The summed E-state index contributed by atoms with van der Waals surface area (Å²) in [6, 6.07) is 2.07. The molecular formula is C7H10N. The molecule has 0 aliphatic heterocycles. The lowest BCUT2D eigenvalue weighted by molar-refractivity contribution is 0.825. The Hall–Kier alpha value is -0.720. The SMILES string of the molecule is [CH2]Cn1ccc(C)c1. The third-order valence-corrected chi connectivity index (χ3v) is 1.16. The van der Waals surface area contributed by atoms with Gasteiger partial charge >= 0.3 is 0 Å². The molecule has 1 radical (unpaired) electrons. The molecule has 1 aromatic heterocycles. The van der Waals surface area contributed by atoms with E-state index >= 15 is 0 Å². The van der Waals surface area contributed by atoms with Crippen LogP contribution in [0.25, 0.3) is 0 Å². The minimum absolute atomic E-state index is 0.827. The summed E-state index contributed by atoms with van der Waals surface area (Å²) in [6.45, 7) is 6.64. The maximum absolute atomic E-state index is 3.73. The van der Waals surface area contributed by atoms with Gasteiger partial charge in [-0.15, -0.1) is 0 Å². The minimum atomic E-state index is 0.827. The van der Waals surface area contributed by atoms with Crippen LogP contribution in [0.15, 0.2) is 18.5 Å². The first-order chi connectivity index (χ1) is 3.83. The lowest BCUT2D eigenvalue weighted by atomic mass is 10.4. The fourth-order valence-corrected chi connectivity index (χ4v) is 0.700. The molecule has 0 fully saturated rings. The zero-order valence-corrected chi connectivity index (χ0v) is 5.09. The molecule has 1 heteroatoms. The lowest BCUT2D eigenvalue weighted by Gasteiger charge is -1.90.